The molecule has 0 aliphatic heterocycles. The third kappa shape index (κ3) is 3.67. The highest BCUT2D eigenvalue weighted by Crippen LogP contribution is 2.24. The highest BCUT2D eigenvalue weighted by Gasteiger charge is 2.17. The van der Waals surface area contributed by atoms with Gasteiger partial charge in [-0.05, 0) is 37.5 Å². The van der Waals surface area contributed by atoms with Gasteiger partial charge in [-0.15, -0.1) is 11.8 Å². The van der Waals surface area contributed by atoms with E-state index in [4.69, 9.17) is 5.73 Å². The molecule has 1 saturated carbocycles. The molecule has 0 unspecified atom stereocenters. The minimum absolute atomic E-state index is 0.133. The average Bonchev–Trinajstić information content (AvgIpc) is 2.83. The van der Waals surface area contributed by atoms with Gasteiger partial charge < -0.3 is 11.1 Å². The van der Waals surface area contributed by atoms with E-state index in [0.29, 0.717) is 11.8 Å². The van der Waals surface area contributed by atoms with E-state index in [1.54, 1.807) is 11.8 Å². The van der Waals surface area contributed by atoms with Gasteiger partial charge in [0.1, 0.15) is 0 Å². The van der Waals surface area contributed by atoms with E-state index in [1.165, 1.54) is 18.4 Å². The Morgan fingerprint density at radius 2 is 2.17 bits per heavy atom. The van der Waals surface area contributed by atoms with Crippen molar-refractivity contribution in [3.05, 3.63) is 23.8 Å². The molecule has 1 aromatic rings. The number of benzene rings is 1. The first-order valence-corrected chi connectivity index (χ1v) is 7.42. The van der Waals surface area contributed by atoms with Crippen LogP contribution in [-0.4, -0.2) is 17.7 Å². The Kier molecular flexibility index (Phi) is 4.53. The Balaban J connectivity index is 1.83. The number of hydrogen-bond acceptors (Lipinski definition) is 3. The molecular weight excluding hydrogens is 244 g/mol. The monoisotopic (exact) mass is 264 g/mol. The minimum Gasteiger partial charge on any atom is -0.399 e. The van der Waals surface area contributed by atoms with Crippen LogP contribution in [0.3, 0.4) is 0 Å². The fourth-order valence-corrected chi connectivity index (χ4v) is 3.14. The van der Waals surface area contributed by atoms with Gasteiger partial charge in [0.2, 0.25) is 5.91 Å². The van der Waals surface area contributed by atoms with Crippen molar-refractivity contribution in [2.75, 3.05) is 11.5 Å². The van der Waals surface area contributed by atoms with Crippen LogP contribution in [0.4, 0.5) is 5.69 Å². The van der Waals surface area contributed by atoms with Gasteiger partial charge in [0.25, 0.3) is 0 Å². The molecule has 4 heteroatoms. The van der Waals surface area contributed by atoms with Crippen LogP contribution >= 0.6 is 11.8 Å². The van der Waals surface area contributed by atoms with Crippen molar-refractivity contribution in [3.8, 4) is 0 Å². The second kappa shape index (κ2) is 6.14. The Morgan fingerprint density at radius 1 is 1.44 bits per heavy atom. The Hall–Kier alpha value is -1.16. The largest absolute Gasteiger partial charge is 0.399 e. The molecule has 1 amide bonds. The third-order valence-electron chi connectivity index (χ3n) is 3.29. The summed E-state index contributed by atoms with van der Waals surface area (Å²) in [5, 5.41) is 3.09. The lowest BCUT2D eigenvalue weighted by molar-refractivity contribution is -0.119. The molecule has 0 atom stereocenters. The topological polar surface area (TPSA) is 55.1 Å². The lowest BCUT2D eigenvalue weighted by Crippen LogP contribution is -2.33. The van der Waals surface area contributed by atoms with Crippen molar-refractivity contribution >= 4 is 23.4 Å². The number of carbonyl (C=O) groups excluding carboxylic acids is 1. The van der Waals surface area contributed by atoms with Gasteiger partial charge in [-0.1, -0.05) is 18.9 Å². The SMILES string of the molecule is Cc1ccc(N)cc1SCC(=O)NC1CCCC1. The van der Waals surface area contributed by atoms with Gasteiger partial charge in [0.15, 0.2) is 0 Å². The summed E-state index contributed by atoms with van der Waals surface area (Å²) < 4.78 is 0. The predicted molar refractivity (Wildman–Crippen MR) is 76.7 cm³/mol. The first-order chi connectivity index (χ1) is 8.65. The number of nitrogens with two attached hydrogens (primary N) is 1. The van der Waals surface area contributed by atoms with Crippen LogP contribution in [0.5, 0.6) is 0 Å². The molecule has 18 heavy (non-hydrogen) atoms. The van der Waals surface area contributed by atoms with E-state index in [-0.39, 0.29) is 5.91 Å². The quantitative estimate of drug-likeness (QED) is 0.649. The molecule has 3 nitrogen and oxygen atoms in total. The highest BCUT2D eigenvalue weighted by atomic mass is 32.2. The average molecular weight is 264 g/mol. The number of nitrogen functional groups attached to an aromatic ring is 1. The molecule has 98 valence electrons. The van der Waals surface area contributed by atoms with Crippen LogP contribution in [0, 0.1) is 6.92 Å². The third-order valence-corrected chi connectivity index (χ3v) is 4.45. The number of rotatable bonds is 4. The highest BCUT2D eigenvalue weighted by molar-refractivity contribution is 8.00. The molecule has 1 aliphatic carbocycles. The fraction of sp³-hybridized carbons (Fsp3) is 0.500. The molecular formula is C14H20N2OS. The summed E-state index contributed by atoms with van der Waals surface area (Å²) >= 11 is 1.56. The normalized spacial score (nSPS) is 15.8. The van der Waals surface area contributed by atoms with Crippen LogP contribution in [-0.2, 0) is 4.79 Å². The smallest absolute Gasteiger partial charge is 0.230 e. The molecule has 0 aromatic heterocycles. The van der Waals surface area contributed by atoms with Gasteiger partial charge in [0.05, 0.1) is 5.75 Å². The molecule has 3 N–H and O–H groups in total. The maximum absolute atomic E-state index is 11.8. The van der Waals surface area contributed by atoms with Gasteiger partial charge in [-0.25, -0.2) is 0 Å². The predicted octanol–water partition coefficient (Wildman–Crippen LogP) is 2.73. The Morgan fingerprint density at radius 3 is 2.89 bits per heavy atom. The van der Waals surface area contributed by atoms with Gasteiger partial charge in [-0.2, -0.15) is 0 Å². The molecule has 2 rings (SSSR count). The second-order valence-electron chi connectivity index (χ2n) is 4.86. The van der Waals surface area contributed by atoms with Crippen molar-refractivity contribution in [1.82, 2.24) is 5.32 Å². The molecule has 0 heterocycles. The first kappa shape index (κ1) is 13.3. The molecule has 1 aromatic carbocycles. The summed E-state index contributed by atoms with van der Waals surface area (Å²) in [6, 6.07) is 6.22. The molecule has 0 spiro atoms. The first-order valence-electron chi connectivity index (χ1n) is 6.43. The van der Waals surface area contributed by atoms with Crippen LogP contribution in [0.25, 0.3) is 0 Å². The Labute approximate surface area is 113 Å². The van der Waals surface area contributed by atoms with Crippen molar-refractivity contribution in [3.63, 3.8) is 0 Å². The molecule has 1 aliphatic rings. The maximum atomic E-state index is 11.8. The zero-order valence-electron chi connectivity index (χ0n) is 10.7. The van der Waals surface area contributed by atoms with Crippen molar-refractivity contribution < 1.29 is 4.79 Å². The number of anilines is 1. The van der Waals surface area contributed by atoms with E-state index in [9.17, 15) is 4.79 Å². The lowest BCUT2D eigenvalue weighted by Gasteiger charge is -2.12. The van der Waals surface area contributed by atoms with Gasteiger partial charge >= 0.3 is 0 Å². The number of thioether (sulfide) groups is 1. The van der Waals surface area contributed by atoms with Crippen molar-refractivity contribution in [2.24, 2.45) is 0 Å². The summed E-state index contributed by atoms with van der Waals surface area (Å²) in [5.41, 5.74) is 7.67. The zero-order chi connectivity index (χ0) is 13.0. The number of nitrogens with one attached hydrogen (secondary N) is 1. The maximum Gasteiger partial charge on any atom is 0.230 e. The van der Waals surface area contributed by atoms with E-state index in [2.05, 4.69) is 5.32 Å². The summed E-state index contributed by atoms with van der Waals surface area (Å²) in [4.78, 5) is 12.9. The van der Waals surface area contributed by atoms with E-state index in [1.807, 2.05) is 25.1 Å². The van der Waals surface area contributed by atoms with Crippen LogP contribution < -0.4 is 11.1 Å². The van der Waals surface area contributed by atoms with Crippen LogP contribution in [0.15, 0.2) is 23.1 Å². The number of hydrogen-bond donors (Lipinski definition) is 2. The van der Waals surface area contributed by atoms with E-state index in [0.717, 1.165) is 23.4 Å². The summed E-state index contributed by atoms with van der Waals surface area (Å²) in [6.07, 6.45) is 4.75. The van der Waals surface area contributed by atoms with E-state index < -0.39 is 0 Å². The van der Waals surface area contributed by atoms with Gasteiger partial charge in [0, 0.05) is 16.6 Å². The summed E-state index contributed by atoms with van der Waals surface area (Å²) in [7, 11) is 0. The number of amides is 1. The van der Waals surface area contributed by atoms with Gasteiger partial charge in [-0.3, -0.25) is 4.79 Å². The van der Waals surface area contributed by atoms with Crippen LogP contribution in [0.1, 0.15) is 31.2 Å². The zero-order valence-corrected chi connectivity index (χ0v) is 11.6. The summed E-state index contributed by atoms with van der Waals surface area (Å²) in [5.74, 6) is 0.606. The molecule has 1 fully saturated rings. The number of aryl methyl sites for hydroxylation is 1. The minimum atomic E-state index is 0.133. The fourth-order valence-electron chi connectivity index (χ4n) is 2.25. The second-order valence-corrected chi connectivity index (χ2v) is 5.88. The summed E-state index contributed by atoms with van der Waals surface area (Å²) in [6.45, 7) is 2.04. The van der Waals surface area contributed by atoms with E-state index >= 15 is 0 Å². The Bertz CT molecular complexity index is 428. The number of carbonyl (C=O) groups is 1. The molecule has 0 bridgehead atoms. The standard InChI is InChI=1S/C14H20N2OS/c1-10-6-7-11(15)8-13(10)18-9-14(17)16-12-4-2-3-5-12/h6-8,12H,2-5,9,15H2,1H3,(H,16,17). The van der Waals surface area contributed by atoms with Crippen molar-refractivity contribution in [1.29, 1.82) is 0 Å². The van der Waals surface area contributed by atoms with Crippen molar-refractivity contribution in [2.45, 2.75) is 43.5 Å². The van der Waals surface area contributed by atoms with Crippen LogP contribution in [0.2, 0.25) is 0 Å². The molecule has 0 radical (unpaired) electrons. The molecule has 0 saturated heterocycles. The lowest BCUT2D eigenvalue weighted by atomic mass is 10.2.